The summed E-state index contributed by atoms with van der Waals surface area (Å²) in [5.74, 6) is -2.27. The number of hydrogen-bond donors (Lipinski definition) is 2. The minimum Gasteiger partial charge on any atom is -0.497 e. The molecule has 1 aromatic heterocycles. The maximum atomic E-state index is 14.1. The Bertz CT molecular complexity index is 829. The van der Waals surface area contributed by atoms with E-state index < -0.39 is 23.7 Å². The quantitative estimate of drug-likeness (QED) is 0.505. The molecule has 0 spiro atoms. The number of nitrogens with two attached hydrogens (primary N) is 1. The van der Waals surface area contributed by atoms with Crippen molar-refractivity contribution in [3.8, 4) is 5.75 Å². The Morgan fingerprint density at radius 2 is 1.86 bits per heavy atom. The molecule has 1 heterocycles. The Morgan fingerprint density at radius 3 is 2.38 bits per heavy atom. The fraction of sp³-hybridized carbons (Fsp3) is 0.316. The number of nitrogens with zero attached hydrogens (tertiary/aromatic N) is 1. The molecule has 0 radical (unpaired) electrons. The third kappa shape index (κ3) is 5.23. The molecule has 7 nitrogen and oxygen atoms in total. The predicted molar refractivity (Wildman–Crippen MR) is 95.7 cm³/mol. The molecule has 2 aromatic rings. The van der Waals surface area contributed by atoms with E-state index in [0.29, 0.717) is 16.6 Å². The standard InChI is InChI=1S/C19H20F3N3O4/c1-3-29-17(27)18(19(20,21)22,24-12-13-5-4-10-23-11-13)25-16(26)14-6-8-15(28-2)9-7-14/h4-11,24H,3,12H2,1-2H3,(H,25,26)/p+1/t18-/m0/s1. The summed E-state index contributed by atoms with van der Waals surface area (Å²) >= 11 is 0. The molecule has 10 heteroatoms. The number of methoxy groups -OCH3 is 1. The Balaban J connectivity index is 2.37. The zero-order chi connectivity index (χ0) is 21.5. The van der Waals surface area contributed by atoms with Gasteiger partial charge in [-0.2, -0.15) is 13.2 Å². The van der Waals surface area contributed by atoms with Crippen LogP contribution in [0.3, 0.4) is 0 Å². The lowest BCUT2D eigenvalue weighted by Crippen LogP contribution is -3.06. The molecule has 3 N–H and O–H groups in total. The van der Waals surface area contributed by atoms with Gasteiger partial charge in [0.15, 0.2) is 0 Å². The van der Waals surface area contributed by atoms with Gasteiger partial charge in [-0.3, -0.25) is 15.1 Å². The minimum absolute atomic E-state index is 0.0708. The first-order valence-corrected chi connectivity index (χ1v) is 8.67. The van der Waals surface area contributed by atoms with Gasteiger partial charge in [0.05, 0.1) is 13.7 Å². The van der Waals surface area contributed by atoms with Crippen LogP contribution in [0.4, 0.5) is 13.2 Å². The predicted octanol–water partition coefficient (Wildman–Crippen LogP) is 1.41. The summed E-state index contributed by atoms with van der Waals surface area (Å²) in [5, 5.41) is 2.51. The lowest BCUT2D eigenvalue weighted by molar-refractivity contribution is -0.757. The van der Waals surface area contributed by atoms with Crippen LogP contribution in [0.2, 0.25) is 0 Å². The van der Waals surface area contributed by atoms with Crippen LogP contribution in [0.1, 0.15) is 22.8 Å². The maximum absolute atomic E-state index is 14.1. The third-order valence-electron chi connectivity index (χ3n) is 4.07. The Hall–Kier alpha value is -3.14. The van der Waals surface area contributed by atoms with Crippen molar-refractivity contribution in [3.63, 3.8) is 0 Å². The second-order valence-electron chi connectivity index (χ2n) is 5.98. The number of hydrogen-bond acceptors (Lipinski definition) is 5. The number of pyridine rings is 1. The Labute approximate surface area is 165 Å². The van der Waals surface area contributed by atoms with Crippen LogP contribution >= 0.6 is 0 Å². The molecule has 29 heavy (non-hydrogen) atoms. The number of nitrogens with one attached hydrogen (secondary N) is 1. The number of halogens is 3. The van der Waals surface area contributed by atoms with Gasteiger partial charge in [-0.1, -0.05) is 6.07 Å². The van der Waals surface area contributed by atoms with Crippen molar-refractivity contribution in [2.45, 2.75) is 25.3 Å². The van der Waals surface area contributed by atoms with Crippen LogP contribution in [0.25, 0.3) is 0 Å². The molecule has 0 saturated carbocycles. The van der Waals surface area contributed by atoms with Gasteiger partial charge in [0.1, 0.15) is 12.3 Å². The number of benzene rings is 1. The molecule has 0 aliphatic heterocycles. The number of amides is 1. The zero-order valence-corrected chi connectivity index (χ0v) is 15.8. The van der Waals surface area contributed by atoms with E-state index in [0.717, 1.165) is 0 Å². The van der Waals surface area contributed by atoms with Crippen molar-refractivity contribution in [1.82, 2.24) is 10.3 Å². The molecular weight excluding hydrogens is 391 g/mol. The smallest absolute Gasteiger partial charge is 0.478 e. The monoisotopic (exact) mass is 412 g/mol. The number of alkyl halides is 3. The SMILES string of the molecule is CCOC(=O)[C@@](NC(=O)c1ccc(OC)cc1)([NH2+]Cc1cccnc1)C(F)(F)F. The summed E-state index contributed by atoms with van der Waals surface area (Å²) in [6, 6.07) is 8.55. The molecule has 156 valence electrons. The number of esters is 1. The molecule has 1 atom stereocenters. The molecule has 0 fully saturated rings. The first-order valence-electron chi connectivity index (χ1n) is 8.67. The number of ether oxygens (including phenoxy) is 2. The van der Waals surface area contributed by atoms with Gasteiger partial charge >= 0.3 is 17.8 Å². The molecule has 0 saturated heterocycles. The molecular formula is C19H21F3N3O4+. The minimum atomic E-state index is -5.14. The van der Waals surface area contributed by atoms with E-state index in [2.05, 4.69) is 9.72 Å². The Kier molecular flexibility index (Phi) is 7.16. The van der Waals surface area contributed by atoms with E-state index in [9.17, 15) is 22.8 Å². The second-order valence-corrected chi connectivity index (χ2v) is 5.98. The molecule has 1 aromatic carbocycles. The van der Waals surface area contributed by atoms with Crippen LogP contribution in [0, 0.1) is 0 Å². The highest BCUT2D eigenvalue weighted by molar-refractivity contribution is 5.97. The van der Waals surface area contributed by atoms with Gasteiger partial charge in [-0.05, 0) is 37.3 Å². The van der Waals surface area contributed by atoms with Gasteiger partial charge in [-0.15, -0.1) is 0 Å². The van der Waals surface area contributed by atoms with Gasteiger partial charge in [-0.25, -0.2) is 4.79 Å². The van der Waals surface area contributed by atoms with Crippen molar-refractivity contribution in [1.29, 1.82) is 0 Å². The van der Waals surface area contributed by atoms with Gasteiger partial charge in [0, 0.05) is 23.5 Å². The molecule has 0 aliphatic rings. The summed E-state index contributed by atoms with van der Waals surface area (Å²) in [5.41, 5.74) is -2.96. The van der Waals surface area contributed by atoms with Crippen LogP contribution in [-0.4, -0.2) is 42.4 Å². The van der Waals surface area contributed by atoms with Crippen LogP contribution in [0.5, 0.6) is 5.75 Å². The summed E-state index contributed by atoms with van der Waals surface area (Å²) in [6.45, 7) is 0.830. The number of carbonyl (C=O) groups is 2. The summed E-state index contributed by atoms with van der Waals surface area (Å²) in [6.07, 6.45) is -2.30. The largest absolute Gasteiger partial charge is 0.497 e. The van der Waals surface area contributed by atoms with Crippen molar-refractivity contribution >= 4 is 11.9 Å². The van der Waals surface area contributed by atoms with E-state index in [1.807, 2.05) is 5.32 Å². The van der Waals surface area contributed by atoms with Gasteiger partial charge in [0.2, 0.25) is 0 Å². The topological polar surface area (TPSA) is 94.1 Å². The highest BCUT2D eigenvalue weighted by Gasteiger charge is 2.67. The molecule has 0 bridgehead atoms. The first kappa shape index (κ1) is 22.2. The number of quaternary nitrogens is 1. The summed E-state index contributed by atoms with van der Waals surface area (Å²) in [7, 11) is 1.41. The lowest BCUT2D eigenvalue weighted by atomic mass is 10.1. The van der Waals surface area contributed by atoms with Gasteiger partial charge < -0.3 is 14.8 Å². The molecule has 1 amide bonds. The number of carbonyl (C=O) groups excluding carboxylic acids is 2. The first-order chi connectivity index (χ1) is 13.7. The van der Waals surface area contributed by atoms with E-state index in [4.69, 9.17) is 4.74 Å². The van der Waals surface area contributed by atoms with E-state index in [1.54, 1.807) is 12.1 Å². The van der Waals surface area contributed by atoms with Crippen LogP contribution in [-0.2, 0) is 16.1 Å². The fourth-order valence-corrected chi connectivity index (χ4v) is 2.52. The molecule has 0 aliphatic carbocycles. The normalized spacial score (nSPS) is 13.3. The van der Waals surface area contributed by atoms with E-state index >= 15 is 0 Å². The van der Waals surface area contributed by atoms with E-state index in [-0.39, 0.29) is 18.7 Å². The van der Waals surface area contributed by atoms with Crippen molar-refractivity contribution in [3.05, 3.63) is 59.9 Å². The van der Waals surface area contributed by atoms with Crippen molar-refractivity contribution < 1.29 is 37.6 Å². The molecule has 2 rings (SSSR count). The third-order valence-corrected chi connectivity index (χ3v) is 4.07. The Morgan fingerprint density at radius 1 is 1.17 bits per heavy atom. The van der Waals surface area contributed by atoms with Crippen LogP contribution in [0.15, 0.2) is 48.8 Å². The molecule has 0 unspecified atom stereocenters. The van der Waals surface area contributed by atoms with E-state index in [1.165, 1.54) is 50.7 Å². The second kappa shape index (κ2) is 9.37. The zero-order valence-electron chi connectivity index (χ0n) is 15.8. The number of rotatable bonds is 8. The highest BCUT2D eigenvalue weighted by Crippen LogP contribution is 2.27. The summed E-state index contributed by atoms with van der Waals surface area (Å²) < 4.78 is 51.8. The average molecular weight is 412 g/mol. The maximum Gasteiger partial charge on any atom is 0.478 e. The lowest BCUT2D eigenvalue weighted by Gasteiger charge is -2.31. The van der Waals surface area contributed by atoms with Crippen LogP contribution < -0.4 is 15.4 Å². The average Bonchev–Trinajstić information content (AvgIpc) is 2.71. The van der Waals surface area contributed by atoms with Gasteiger partial charge in [0.25, 0.3) is 5.91 Å². The number of aromatic nitrogens is 1. The highest BCUT2D eigenvalue weighted by atomic mass is 19.4. The fourth-order valence-electron chi connectivity index (χ4n) is 2.52. The summed E-state index contributed by atoms with van der Waals surface area (Å²) in [4.78, 5) is 28.7. The van der Waals surface area contributed by atoms with Crippen molar-refractivity contribution in [2.24, 2.45) is 0 Å². The van der Waals surface area contributed by atoms with Crippen molar-refractivity contribution in [2.75, 3.05) is 13.7 Å².